The van der Waals surface area contributed by atoms with Gasteiger partial charge in [0.2, 0.25) is 0 Å². The zero-order valence-corrected chi connectivity index (χ0v) is 12.7. The van der Waals surface area contributed by atoms with E-state index in [1.165, 1.54) is 19.3 Å². The van der Waals surface area contributed by atoms with Gasteiger partial charge in [0.1, 0.15) is 0 Å². The third-order valence-electron chi connectivity index (χ3n) is 3.69. The highest BCUT2D eigenvalue weighted by Gasteiger charge is 2.25. The van der Waals surface area contributed by atoms with Crippen LogP contribution >= 0.6 is 15.9 Å². The van der Waals surface area contributed by atoms with Crippen LogP contribution in [0.2, 0.25) is 0 Å². The van der Waals surface area contributed by atoms with Crippen LogP contribution in [0.3, 0.4) is 0 Å². The van der Waals surface area contributed by atoms with E-state index in [0.717, 1.165) is 29.7 Å². The van der Waals surface area contributed by atoms with E-state index >= 15 is 0 Å². The molecule has 102 valence electrons. The average molecular weight is 316 g/mol. The summed E-state index contributed by atoms with van der Waals surface area (Å²) in [5, 5.41) is 14.7. The number of halogens is 1. The summed E-state index contributed by atoms with van der Waals surface area (Å²) in [5.41, 5.74) is 0.934. The van der Waals surface area contributed by atoms with Gasteiger partial charge < -0.3 is 10.0 Å². The Hall–Kier alpha value is -0.390. The zero-order chi connectivity index (χ0) is 13.1. The van der Waals surface area contributed by atoms with E-state index in [1.54, 1.807) is 6.20 Å². The zero-order valence-electron chi connectivity index (χ0n) is 11.1. The van der Waals surface area contributed by atoms with Crippen LogP contribution in [0, 0.1) is 5.92 Å². The maximum absolute atomic E-state index is 10.4. The highest BCUT2D eigenvalue weighted by Crippen LogP contribution is 2.36. The van der Waals surface area contributed by atoms with Gasteiger partial charge >= 0.3 is 0 Å². The largest absolute Gasteiger partial charge is 0.387 e. The molecular formula is C13H22BrN3O. The lowest BCUT2D eigenvalue weighted by Gasteiger charge is -2.28. The van der Waals surface area contributed by atoms with Gasteiger partial charge in [0.15, 0.2) is 0 Å². The van der Waals surface area contributed by atoms with Crippen molar-refractivity contribution < 1.29 is 5.11 Å². The van der Waals surface area contributed by atoms with Crippen LogP contribution in [0.25, 0.3) is 0 Å². The first kappa shape index (κ1) is 14.0. The van der Waals surface area contributed by atoms with Crippen molar-refractivity contribution in [3.8, 4) is 0 Å². The molecule has 1 saturated carbocycles. The fraction of sp³-hybridized carbons (Fsp3) is 0.769. The van der Waals surface area contributed by atoms with Crippen molar-refractivity contribution in [1.29, 1.82) is 0 Å². The average Bonchev–Trinajstić information content (AvgIpc) is 2.62. The van der Waals surface area contributed by atoms with E-state index in [-0.39, 0.29) is 0 Å². The second kappa shape index (κ2) is 6.17. The minimum atomic E-state index is -0.394. The third kappa shape index (κ3) is 3.33. The van der Waals surface area contributed by atoms with Crippen molar-refractivity contribution in [3.05, 3.63) is 16.4 Å². The number of aliphatic hydroxyl groups is 1. The molecule has 1 unspecified atom stereocenters. The molecule has 4 nitrogen and oxygen atoms in total. The molecule has 1 aliphatic carbocycles. The molecule has 1 heterocycles. The summed E-state index contributed by atoms with van der Waals surface area (Å²) in [6.07, 6.45) is 6.11. The highest BCUT2D eigenvalue weighted by molar-refractivity contribution is 9.10. The minimum Gasteiger partial charge on any atom is -0.387 e. The molecular weight excluding hydrogens is 294 g/mol. The molecule has 1 fully saturated rings. The maximum Gasteiger partial charge on any atom is 0.0970 e. The molecule has 1 aromatic rings. The first-order valence-corrected chi connectivity index (χ1v) is 7.41. The van der Waals surface area contributed by atoms with Crippen LogP contribution < -0.4 is 0 Å². The lowest BCUT2D eigenvalue weighted by molar-refractivity contribution is 0.109. The second-order valence-electron chi connectivity index (χ2n) is 5.45. The first-order valence-electron chi connectivity index (χ1n) is 6.62. The number of nitrogens with zero attached hydrogens (tertiary/aromatic N) is 3. The Kier molecular flexibility index (Phi) is 4.81. The molecule has 0 amide bonds. The Labute approximate surface area is 117 Å². The van der Waals surface area contributed by atoms with E-state index in [9.17, 15) is 5.11 Å². The lowest BCUT2D eigenvalue weighted by atomic mass is 9.81. The number of likely N-dealkylation sites (N-methyl/N-ethyl adjacent to an activating group) is 1. The predicted molar refractivity (Wildman–Crippen MR) is 75.4 cm³/mol. The normalized spacial score (nSPS) is 18.1. The molecule has 0 saturated heterocycles. The Morgan fingerprint density at radius 1 is 1.56 bits per heavy atom. The number of rotatable bonds is 6. The Bertz CT molecular complexity index is 388. The van der Waals surface area contributed by atoms with E-state index in [2.05, 4.69) is 25.9 Å². The molecule has 5 heteroatoms. The smallest absolute Gasteiger partial charge is 0.0970 e. The predicted octanol–water partition coefficient (Wildman–Crippen LogP) is 2.43. The van der Waals surface area contributed by atoms with Gasteiger partial charge in [-0.2, -0.15) is 5.10 Å². The Morgan fingerprint density at radius 2 is 2.28 bits per heavy atom. The SMILES string of the molecule is CN(C)CCn1ncc(Br)c1C(O)CC1CCC1. The molecule has 18 heavy (non-hydrogen) atoms. The maximum atomic E-state index is 10.4. The molecule has 0 aromatic carbocycles. The van der Waals surface area contributed by atoms with Gasteiger partial charge in [-0.1, -0.05) is 19.3 Å². The summed E-state index contributed by atoms with van der Waals surface area (Å²) in [7, 11) is 4.09. The van der Waals surface area contributed by atoms with Gasteiger partial charge in [0.05, 0.1) is 29.0 Å². The van der Waals surface area contributed by atoms with Crippen molar-refractivity contribution in [3.63, 3.8) is 0 Å². The van der Waals surface area contributed by atoms with E-state index in [0.29, 0.717) is 5.92 Å². The van der Waals surface area contributed by atoms with Crippen molar-refractivity contribution in [2.24, 2.45) is 5.92 Å². The van der Waals surface area contributed by atoms with Crippen molar-refractivity contribution in [2.75, 3.05) is 20.6 Å². The van der Waals surface area contributed by atoms with Crippen LogP contribution in [0.5, 0.6) is 0 Å². The summed E-state index contributed by atoms with van der Waals surface area (Å²) in [6.45, 7) is 1.74. The van der Waals surface area contributed by atoms with Crippen molar-refractivity contribution in [1.82, 2.24) is 14.7 Å². The molecule has 1 aromatic heterocycles. The summed E-state index contributed by atoms with van der Waals surface area (Å²) >= 11 is 3.50. The number of aliphatic hydroxyl groups excluding tert-OH is 1. The molecule has 0 radical (unpaired) electrons. The van der Waals surface area contributed by atoms with Crippen LogP contribution in [-0.2, 0) is 6.54 Å². The number of hydrogen-bond donors (Lipinski definition) is 1. The number of aromatic nitrogens is 2. The molecule has 1 aliphatic rings. The molecule has 2 rings (SSSR count). The van der Waals surface area contributed by atoms with Gasteiger partial charge in [-0.25, -0.2) is 0 Å². The topological polar surface area (TPSA) is 41.3 Å². The standard InChI is InChI=1S/C13H22BrN3O/c1-16(2)6-7-17-13(11(14)9-15-17)12(18)8-10-4-3-5-10/h9-10,12,18H,3-8H2,1-2H3. The van der Waals surface area contributed by atoms with Gasteiger partial charge in [-0.3, -0.25) is 4.68 Å². The Morgan fingerprint density at radius 3 is 2.83 bits per heavy atom. The van der Waals surface area contributed by atoms with Gasteiger partial charge in [-0.05, 0) is 42.4 Å². The molecule has 0 aliphatic heterocycles. The van der Waals surface area contributed by atoms with E-state index in [1.807, 2.05) is 18.8 Å². The third-order valence-corrected chi connectivity index (χ3v) is 4.30. The van der Waals surface area contributed by atoms with E-state index < -0.39 is 6.10 Å². The summed E-state index contributed by atoms with van der Waals surface area (Å²) < 4.78 is 2.85. The Balaban J connectivity index is 2.02. The molecule has 0 bridgehead atoms. The van der Waals surface area contributed by atoms with Crippen LogP contribution in [-0.4, -0.2) is 40.4 Å². The second-order valence-corrected chi connectivity index (χ2v) is 6.31. The number of hydrogen-bond acceptors (Lipinski definition) is 3. The van der Waals surface area contributed by atoms with Crippen LogP contribution in [0.4, 0.5) is 0 Å². The highest BCUT2D eigenvalue weighted by atomic mass is 79.9. The molecule has 1 atom stereocenters. The fourth-order valence-electron chi connectivity index (χ4n) is 2.33. The minimum absolute atomic E-state index is 0.394. The lowest BCUT2D eigenvalue weighted by Crippen LogP contribution is -2.22. The summed E-state index contributed by atoms with van der Waals surface area (Å²) in [4.78, 5) is 2.12. The fourth-order valence-corrected chi connectivity index (χ4v) is 2.89. The van der Waals surface area contributed by atoms with Crippen molar-refractivity contribution >= 4 is 15.9 Å². The summed E-state index contributed by atoms with van der Waals surface area (Å²) in [5.74, 6) is 0.698. The van der Waals surface area contributed by atoms with Crippen LogP contribution in [0.15, 0.2) is 10.7 Å². The van der Waals surface area contributed by atoms with Gasteiger partial charge in [-0.15, -0.1) is 0 Å². The monoisotopic (exact) mass is 315 g/mol. The van der Waals surface area contributed by atoms with E-state index in [4.69, 9.17) is 0 Å². The van der Waals surface area contributed by atoms with Gasteiger partial charge in [0, 0.05) is 6.54 Å². The van der Waals surface area contributed by atoms with Crippen LogP contribution in [0.1, 0.15) is 37.5 Å². The quantitative estimate of drug-likeness (QED) is 0.876. The molecule has 1 N–H and O–H groups in total. The van der Waals surface area contributed by atoms with Gasteiger partial charge in [0.25, 0.3) is 0 Å². The van der Waals surface area contributed by atoms with Crippen molar-refractivity contribution in [2.45, 2.75) is 38.3 Å². The summed E-state index contributed by atoms with van der Waals surface area (Å²) in [6, 6.07) is 0. The molecule has 0 spiro atoms. The first-order chi connectivity index (χ1) is 8.58.